The van der Waals surface area contributed by atoms with Crippen molar-refractivity contribution in [2.75, 3.05) is 0 Å². The number of hydrogen-bond donors (Lipinski definition) is 1. The van der Waals surface area contributed by atoms with Crippen molar-refractivity contribution in [2.45, 2.75) is 13.3 Å². The fraction of sp³-hybridized carbons (Fsp3) is 0.286. The molecule has 0 aromatic rings. The highest BCUT2D eigenvalue weighted by atomic mass is 16.4. The van der Waals surface area contributed by atoms with Crippen LogP contribution < -0.4 is 0 Å². The lowest BCUT2D eigenvalue weighted by Crippen LogP contribution is -1.88. The van der Waals surface area contributed by atoms with Crippen LogP contribution in [0.3, 0.4) is 0 Å². The summed E-state index contributed by atoms with van der Waals surface area (Å²) in [7, 11) is 0. The third-order valence-corrected chi connectivity index (χ3v) is 0.836. The minimum atomic E-state index is -0.894. The van der Waals surface area contributed by atoms with Gasteiger partial charge in [0, 0.05) is 6.08 Å². The van der Waals surface area contributed by atoms with Crippen LogP contribution in [-0.2, 0) is 4.79 Å². The zero-order chi connectivity index (χ0) is 7.28. The van der Waals surface area contributed by atoms with E-state index in [9.17, 15) is 4.79 Å². The zero-order valence-electron chi connectivity index (χ0n) is 5.42. The molecule has 50 valence electrons. The van der Waals surface area contributed by atoms with E-state index >= 15 is 0 Å². The zero-order valence-corrected chi connectivity index (χ0v) is 5.42. The van der Waals surface area contributed by atoms with E-state index in [-0.39, 0.29) is 0 Å². The van der Waals surface area contributed by atoms with E-state index < -0.39 is 5.97 Å². The van der Waals surface area contributed by atoms with E-state index in [1.165, 1.54) is 6.08 Å². The fourth-order valence-electron chi connectivity index (χ4n) is 0.497. The Bertz CT molecular complexity index is 145. The van der Waals surface area contributed by atoms with Crippen LogP contribution in [0.4, 0.5) is 0 Å². The van der Waals surface area contributed by atoms with Gasteiger partial charge in [-0.25, -0.2) is 4.79 Å². The van der Waals surface area contributed by atoms with E-state index in [2.05, 4.69) is 6.58 Å². The van der Waals surface area contributed by atoms with Gasteiger partial charge < -0.3 is 5.11 Å². The molecule has 0 amide bonds. The lowest BCUT2D eigenvalue weighted by Gasteiger charge is -1.89. The van der Waals surface area contributed by atoms with Crippen molar-refractivity contribution in [2.24, 2.45) is 0 Å². The Morgan fingerprint density at radius 3 is 2.67 bits per heavy atom. The Morgan fingerprint density at radius 2 is 2.33 bits per heavy atom. The second-order valence-electron chi connectivity index (χ2n) is 1.82. The van der Waals surface area contributed by atoms with Gasteiger partial charge in [0.05, 0.1) is 0 Å². The van der Waals surface area contributed by atoms with Crippen molar-refractivity contribution in [3.8, 4) is 0 Å². The number of allylic oxidation sites excluding steroid dienone is 2. The van der Waals surface area contributed by atoms with Crippen molar-refractivity contribution >= 4 is 5.97 Å². The first-order chi connectivity index (χ1) is 4.16. The molecule has 1 N–H and O–H groups in total. The summed E-state index contributed by atoms with van der Waals surface area (Å²) in [6.45, 7) is 5.23. The molecule has 0 rings (SSSR count). The summed E-state index contributed by atoms with van der Waals surface area (Å²) in [5, 5.41) is 8.20. The molecule has 0 aliphatic rings. The van der Waals surface area contributed by atoms with Crippen LogP contribution in [-0.4, -0.2) is 11.1 Å². The van der Waals surface area contributed by atoms with E-state index in [1.54, 1.807) is 13.0 Å². The van der Waals surface area contributed by atoms with Crippen LogP contribution in [0.5, 0.6) is 0 Å². The third-order valence-electron chi connectivity index (χ3n) is 0.836. The van der Waals surface area contributed by atoms with E-state index in [0.29, 0.717) is 6.42 Å². The van der Waals surface area contributed by atoms with Gasteiger partial charge in [0.15, 0.2) is 0 Å². The molecule has 0 aliphatic carbocycles. The summed E-state index contributed by atoms with van der Waals surface area (Å²) in [6.07, 6.45) is 3.50. The van der Waals surface area contributed by atoms with Gasteiger partial charge in [-0.3, -0.25) is 0 Å². The van der Waals surface area contributed by atoms with Gasteiger partial charge in [0.25, 0.3) is 0 Å². The number of carboxylic acids is 1. The maximum absolute atomic E-state index is 9.97. The van der Waals surface area contributed by atoms with Crippen molar-refractivity contribution in [3.63, 3.8) is 0 Å². The van der Waals surface area contributed by atoms with Gasteiger partial charge >= 0.3 is 5.97 Å². The molecule has 0 unspecified atom stereocenters. The Balaban J connectivity index is 3.83. The third kappa shape index (κ3) is 4.81. The second-order valence-corrected chi connectivity index (χ2v) is 1.82. The van der Waals surface area contributed by atoms with Crippen LogP contribution in [0.1, 0.15) is 13.3 Å². The Morgan fingerprint density at radius 1 is 1.78 bits per heavy atom. The largest absolute Gasteiger partial charge is 0.478 e. The van der Waals surface area contributed by atoms with Crippen LogP contribution >= 0.6 is 0 Å². The molecular weight excluding hydrogens is 116 g/mol. The molecular formula is C7H10O2. The monoisotopic (exact) mass is 126 g/mol. The van der Waals surface area contributed by atoms with Gasteiger partial charge in [-0.15, -0.1) is 6.58 Å². The molecule has 0 bridgehead atoms. The molecule has 0 heterocycles. The van der Waals surface area contributed by atoms with Gasteiger partial charge in [-0.05, 0) is 13.3 Å². The smallest absolute Gasteiger partial charge is 0.328 e. The summed E-state index contributed by atoms with van der Waals surface area (Å²) >= 11 is 0. The Hall–Kier alpha value is -1.05. The lowest BCUT2D eigenvalue weighted by atomic mass is 10.2. The summed E-state index contributed by atoms with van der Waals surface area (Å²) in [4.78, 5) is 9.97. The molecule has 2 heteroatoms. The van der Waals surface area contributed by atoms with Crippen molar-refractivity contribution in [1.29, 1.82) is 0 Å². The minimum absolute atomic E-state index is 0.645. The molecule has 0 radical (unpaired) electrons. The van der Waals surface area contributed by atoms with Crippen LogP contribution in [0.15, 0.2) is 24.3 Å². The van der Waals surface area contributed by atoms with E-state index in [1.807, 2.05) is 0 Å². The highest BCUT2D eigenvalue weighted by Crippen LogP contribution is 1.98. The lowest BCUT2D eigenvalue weighted by molar-refractivity contribution is -0.131. The summed E-state index contributed by atoms with van der Waals surface area (Å²) in [5.41, 5.74) is 0.817. The average Bonchev–Trinajstić information content (AvgIpc) is 1.63. The van der Waals surface area contributed by atoms with E-state index in [4.69, 9.17) is 5.11 Å². The SMILES string of the molecule is C=CC/C(C)=C/C(=O)O. The number of carbonyl (C=O) groups is 1. The summed E-state index contributed by atoms with van der Waals surface area (Å²) in [5.74, 6) is -0.894. The topological polar surface area (TPSA) is 37.3 Å². The molecule has 0 spiro atoms. The number of aliphatic carboxylic acids is 1. The predicted octanol–water partition coefficient (Wildman–Crippen LogP) is 1.59. The number of carboxylic acid groups (broad SMARTS) is 1. The molecule has 9 heavy (non-hydrogen) atoms. The first kappa shape index (κ1) is 7.95. The summed E-state index contributed by atoms with van der Waals surface area (Å²) in [6, 6.07) is 0. The van der Waals surface area contributed by atoms with Crippen LogP contribution in [0.2, 0.25) is 0 Å². The Labute approximate surface area is 54.5 Å². The minimum Gasteiger partial charge on any atom is -0.478 e. The molecule has 0 atom stereocenters. The normalized spacial score (nSPS) is 11.0. The van der Waals surface area contributed by atoms with E-state index in [0.717, 1.165) is 5.57 Å². The molecule has 2 nitrogen and oxygen atoms in total. The highest BCUT2D eigenvalue weighted by Gasteiger charge is 1.89. The molecule has 0 aromatic carbocycles. The molecule has 0 saturated carbocycles. The first-order valence-corrected chi connectivity index (χ1v) is 2.68. The first-order valence-electron chi connectivity index (χ1n) is 2.68. The maximum Gasteiger partial charge on any atom is 0.328 e. The second kappa shape index (κ2) is 3.89. The Kier molecular flexibility index (Phi) is 3.44. The number of hydrogen-bond acceptors (Lipinski definition) is 1. The summed E-state index contributed by atoms with van der Waals surface area (Å²) < 4.78 is 0. The highest BCUT2D eigenvalue weighted by molar-refractivity contribution is 5.80. The van der Waals surface area contributed by atoms with Crippen molar-refractivity contribution < 1.29 is 9.90 Å². The number of rotatable bonds is 3. The predicted molar refractivity (Wildman–Crippen MR) is 36.2 cm³/mol. The van der Waals surface area contributed by atoms with Gasteiger partial charge in [-0.2, -0.15) is 0 Å². The van der Waals surface area contributed by atoms with Crippen LogP contribution in [0.25, 0.3) is 0 Å². The average molecular weight is 126 g/mol. The van der Waals surface area contributed by atoms with Gasteiger partial charge in [0.2, 0.25) is 0 Å². The molecule has 0 fully saturated rings. The van der Waals surface area contributed by atoms with Crippen molar-refractivity contribution in [3.05, 3.63) is 24.3 Å². The maximum atomic E-state index is 9.97. The quantitative estimate of drug-likeness (QED) is 0.460. The molecule has 0 aliphatic heterocycles. The van der Waals surface area contributed by atoms with Crippen molar-refractivity contribution in [1.82, 2.24) is 0 Å². The molecule has 0 aromatic heterocycles. The molecule has 0 saturated heterocycles. The van der Waals surface area contributed by atoms with Gasteiger partial charge in [0.1, 0.15) is 0 Å². The fourth-order valence-corrected chi connectivity index (χ4v) is 0.497. The van der Waals surface area contributed by atoms with Crippen LogP contribution in [0, 0.1) is 0 Å². The van der Waals surface area contributed by atoms with Gasteiger partial charge in [-0.1, -0.05) is 11.6 Å². The standard InChI is InChI=1S/C7H10O2/c1-3-4-6(2)5-7(8)9/h3,5H,1,4H2,2H3,(H,8,9)/b6-5+.